The summed E-state index contributed by atoms with van der Waals surface area (Å²) < 4.78 is 0. The second-order valence-corrected chi connectivity index (χ2v) is 10.9. The van der Waals surface area contributed by atoms with E-state index in [1.807, 2.05) is 65.8 Å². The molecule has 0 saturated heterocycles. The minimum Gasteiger partial charge on any atom is -0.512 e. The molecule has 5 heteroatoms. The molecule has 176 valence electrons. The number of hydrogen-bond acceptors (Lipinski definition) is 5. The summed E-state index contributed by atoms with van der Waals surface area (Å²) in [4.78, 5) is 40.9. The van der Waals surface area contributed by atoms with Crippen LogP contribution in [0.5, 0.6) is 0 Å². The smallest absolute Gasteiger partial charge is 0.206 e. The quantitative estimate of drug-likeness (QED) is 0.177. The highest BCUT2D eigenvalue weighted by Gasteiger charge is 2.46. The first-order valence-electron chi connectivity index (χ1n) is 11.4. The van der Waals surface area contributed by atoms with Gasteiger partial charge in [0, 0.05) is 11.8 Å². The zero-order chi connectivity index (χ0) is 24.6. The van der Waals surface area contributed by atoms with Crippen molar-refractivity contribution >= 4 is 17.3 Å². The van der Waals surface area contributed by atoms with Crippen LogP contribution in [-0.2, 0) is 14.4 Å². The van der Waals surface area contributed by atoms with Gasteiger partial charge in [0.2, 0.25) is 5.78 Å². The molecule has 2 N–H and O–H groups in total. The van der Waals surface area contributed by atoms with Crippen LogP contribution in [0.4, 0.5) is 0 Å². The Labute approximate surface area is 192 Å². The molecule has 4 atom stereocenters. The Balaban J connectivity index is 2.54. The Morgan fingerprint density at radius 1 is 0.719 bits per heavy atom. The van der Waals surface area contributed by atoms with Crippen LogP contribution in [0.15, 0.2) is 47.0 Å². The third-order valence-corrected chi connectivity index (χ3v) is 7.14. The van der Waals surface area contributed by atoms with Gasteiger partial charge in [0.15, 0.2) is 11.6 Å². The molecule has 0 heterocycles. The second-order valence-electron chi connectivity index (χ2n) is 10.9. The molecule has 0 saturated carbocycles. The van der Waals surface area contributed by atoms with Gasteiger partial charge in [-0.1, -0.05) is 65.8 Å². The van der Waals surface area contributed by atoms with Crippen molar-refractivity contribution in [2.75, 3.05) is 0 Å². The molecule has 0 bridgehead atoms. The van der Waals surface area contributed by atoms with Crippen molar-refractivity contribution in [1.29, 1.82) is 0 Å². The molecular formula is C27H38O5. The molecule has 0 amide bonds. The third-order valence-electron chi connectivity index (χ3n) is 7.14. The van der Waals surface area contributed by atoms with Crippen LogP contribution in [0, 0.1) is 34.5 Å². The zero-order valence-corrected chi connectivity index (χ0v) is 20.7. The standard InChI is InChI=1S/C27H38O5/c1-15-11-9-13-26(5,6)21(15)24(31)19(17(3)28)23(30)20(18(4)29)25(32)22-16(2)12-10-14-27(22,7)8/h9-12,15-16,21-22,28-29H,13-14H2,1-8H3. The predicted molar refractivity (Wildman–Crippen MR) is 126 cm³/mol. The molecule has 0 aliphatic heterocycles. The number of hydrogen-bond donors (Lipinski definition) is 2. The van der Waals surface area contributed by atoms with Gasteiger partial charge in [0.1, 0.15) is 22.7 Å². The van der Waals surface area contributed by atoms with Gasteiger partial charge in [-0.15, -0.1) is 0 Å². The van der Waals surface area contributed by atoms with Crippen LogP contribution in [0.2, 0.25) is 0 Å². The topological polar surface area (TPSA) is 91.7 Å². The lowest BCUT2D eigenvalue weighted by molar-refractivity contribution is -0.128. The zero-order valence-electron chi connectivity index (χ0n) is 20.7. The van der Waals surface area contributed by atoms with Crippen molar-refractivity contribution in [1.82, 2.24) is 0 Å². The summed E-state index contributed by atoms with van der Waals surface area (Å²) >= 11 is 0. The lowest BCUT2D eigenvalue weighted by atomic mass is 9.62. The summed E-state index contributed by atoms with van der Waals surface area (Å²) in [5.74, 6) is -4.05. The van der Waals surface area contributed by atoms with Gasteiger partial charge in [-0.2, -0.15) is 0 Å². The Hall–Kier alpha value is -2.43. The van der Waals surface area contributed by atoms with E-state index in [0.717, 1.165) is 0 Å². The maximum atomic E-state index is 13.6. The fourth-order valence-corrected chi connectivity index (χ4v) is 5.60. The fraction of sp³-hybridized carbons (Fsp3) is 0.593. The van der Waals surface area contributed by atoms with E-state index in [2.05, 4.69) is 0 Å². The number of carbonyl (C=O) groups is 3. The Morgan fingerprint density at radius 3 is 1.28 bits per heavy atom. The van der Waals surface area contributed by atoms with Gasteiger partial charge in [-0.05, 0) is 49.4 Å². The molecule has 0 aromatic carbocycles. The van der Waals surface area contributed by atoms with E-state index in [4.69, 9.17) is 0 Å². The van der Waals surface area contributed by atoms with E-state index in [9.17, 15) is 24.6 Å². The first kappa shape index (κ1) is 25.8. The Kier molecular flexibility index (Phi) is 7.43. The van der Waals surface area contributed by atoms with Crippen molar-refractivity contribution in [2.45, 2.75) is 68.2 Å². The highest BCUT2D eigenvalue weighted by Crippen LogP contribution is 2.45. The van der Waals surface area contributed by atoms with Gasteiger partial charge in [0.25, 0.3) is 0 Å². The van der Waals surface area contributed by atoms with Crippen LogP contribution in [0.1, 0.15) is 68.2 Å². The van der Waals surface area contributed by atoms with Gasteiger partial charge in [-0.3, -0.25) is 14.4 Å². The third kappa shape index (κ3) is 4.82. The summed E-state index contributed by atoms with van der Waals surface area (Å²) in [5, 5.41) is 20.8. The molecular weight excluding hydrogens is 404 g/mol. The molecule has 0 aromatic heterocycles. The molecule has 32 heavy (non-hydrogen) atoms. The molecule has 0 fully saturated rings. The maximum absolute atomic E-state index is 13.6. The summed E-state index contributed by atoms with van der Waals surface area (Å²) in [7, 11) is 0. The number of rotatable bonds is 6. The number of aliphatic hydroxyl groups excluding tert-OH is 2. The van der Waals surface area contributed by atoms with Crippen LogP contribution >= 0.6 is 0 Å². The number of Topliss-reactive ketones (excluding diaryl/α,β-unsaturated/α-hetero) is 3. The van der Waals surface area contributed by atoms with E-state index in [1.54, 1.807) is 0 Å². The first-order chi connectivity index (χ1) is 14.6. The van der Waals surface area contributed by atoms with E-state index in [0.29, 0.717) is 12.8 Å². The van der Waals surface area contributed by atoms with Gasteiger partial charge in [0.05, 0.1) is 0 Å². The van der Waals surface area contributed by atoms with Crippen molar-refractivity contribution < 1.29 is 24.6 Å². The number of allylic oxidation sites excluding steroid dienone is 8. The largest absolute Gasteiger partial charge is 0.512 e. The average Bonchev–Trinajstić information content (AvgIpc) is 2.59. The number of aliphatic hydroxyl groups is 2. The summed E-state index contributed by atoms with van der Waals surface area (Å²) in [6.45, 7) is 14.2. The van der Waals surface area contributed by atoms with Crippen molar-refractivity contribution in [2.24, 2.45) is 34.5 Å². The maximum Gasteiger partial charge on any atom is 0.206 e. The summed E-state index contributed by atoms with van der Waals surface area (Å²) in [6, 6.07) is 0. The molecule has 4 unspecified atom stereocenters. The monoisotopic (exact) mass is 442 g/mol. The van der Waals surface area contributed by atoms with Crippen molar-refractivity contribution in [3.63, 3.8) is 0 Å². The highest BCUT2D eigenvalue weighted by molar-refractivity contribution is 6.36. The number of ketones is 3. The second kappa shape index (κ2) is 9.21. The van der Waals surface area contributed by atoms with Crippen LogP contribution in [0.3, 0.4) is 0 Å². The van der Waals surface area contributed by atoms with E-state index >= 15 is 0 Å². The van der Waals surface area contributed by atoms with E-state index in [-0.39, 0.29) is 11.8 Å². The summed E-state index contributed by atoms with van der Waals surface area (Å²) in [5.41, 5.74) is -1.64. The summed E-state index contributed by atoms with van der Waals surface area (Å²) in [6.07, 6.45) is 9.28. The number of carbonyl (C=O) groups excluding carboxylic acids is 3. The normalized spacial score (nSPS) is 30.2. The Bertz CT molecular complexity index is 844. The van der Waals surface area contributed by atoms with Crippen LogP contribution < -0.4 is 0 Å². The van der Waals surface area contributed by atoms with Gasteiger partial charge in [-0.25, -0.2) is 0 Å². The molecule has 0 aromatic rings. The minimum absolute atomic E-state index is 0.130. The van der Waals surface area contributed by atoms with Crippen molar-refractivity contribution in [3.05, 3.63) is 47.0 Å². The molecule has 2 aliphatic rings. The highest BCUT2D eigenvalue weighted by atomic mass is 16.3. The van der Waals surface area contributed by atoms with E-state index in [1.165, 1.54) is 13.8 Å². The molecule has 0 spiro atoms. The Morgan fingerprint density at radius 2 is 1.03 bits per heavy atom. The SMILES string of the molecule is CC(O)=C(C(=O)C(C(=O)C1C(C)C=CCC1(C)C)=C(C)O)C(=O)C1C(C)C=CCC1(C)C. The first-order valence-corrected chi connectivity index (χ1v) is 11.4. The van der Waals surface area contributed by atoms with E-state index < -0.39 is 62.7 Å². The molecule has 5 nitrogen and oxygen atoms in total. The van der Waals surface area contributed by atoms with Gasteiger partial charge >= 0.3 is 0 Å². The van der Waals surface area contributed by atoms with Gasteiger partial charge < -0.3 is 10.2 Å². The predicted octanol–water partition coefficient (Wildman–Crippen LogP) is 5.83. The minimum atomic E-state index is -0.893. The fourth-order valence-electron chi connectivity index (χ4n) is 5.60. The molecule has 0 radical (unpaired) electrons. The lowest BCUT2D eigenvalue weighted by Crippen LogP contribution is -2.42. The van der Waals surface area contributed by atoms with Crippen LogP contribution in [-0.4, -0.2) is 27.6 Å². The average molecular weight is 443 g/mol. The lowest BCUT2D eigenvalue weighted by Gasteiger charge is -2.40. The van der Waals surface area contributed by atoms with Crippen molar-refractivity contribution in [3.8, 4) is 0 Å². The molecule has 2 rings (SSSR count). The molecule has 2 aliphatic carbocycles. The van der Waals surface area contributed by atoms with Crippen LogP contribution in [0.25, 0.3) is 0 Å².